The summed E-state index contributed by atoms with van der Waals surface area (Å²) in [4.78, 5) is 23.1. The number of alkyl halides is 2. The minimum atomic E-state index is -2.60. The van der Waals surface area contributed by atoms with Crippen molar-refractivity contribution in [1.82, 2.24) is 5.32 Å². The predicted octanol–water partition coefficient (Wildman–Crippen LogP) is 2.99. The highest BCUT2D eigenvalue weighted by molar-refractivity contribution is 7.99. The van der Waals surface area contributed by atoms with Crippen molar-refractivity contribution < 1.29 is 23.5 Å². The number of carboxylic acids is 1. The smallest absolute Gasteiger partial charge is 0.326 e. The minimum absolute atomic E-state index is 0.0565. The summed E-state index contributed by atoms with van der Waals surface area (Å²) in [5.74, 6) is -3.75. The number of para-hydroxylation sites is 1. The molecule has 5 nitrogen and oxygen atoms in total. The quantitative estimate of drug-likeness (QED) is 0.705. The maximum absolute atomic E-state index is 12.4. The number of carbonyl (C=O) groups is 2. The molecule has 0 spiro atoms. The normalized spacial score (nSPS) is 15.6. The highest BCUT2D eigenvalue weighted by Gasteiger charge is 2.37. The van der Waals surface area contributed by atoms with Crippen molar-refractivity contribution in [2.24, 2.45) is 5.92 Å². The summed E-state index contributed by atoms with van der Waals surface area (Å²) < 4.78 is 24.8. The van der Waals surface area contributed by atoms with Crippen molar-refractivity contribution >= 4 is 29.4 Å². The van der Waals surface area contributed by atoms with E-state index in [0.717, 1.165) is 12.8 Å². The second-order valence-electron chi connectivity index (χ2n) is 4.63. The number of nitrogens with one attached hydrogen (secondary N) is 2. The number of amides is 2. The molecule has 0 bridgehead atoms. The molecular formula is C13H14F2N2O3S. The summed E-state index contributed by atoms with van der Waals surface area (Å²) >= 11 is 0.319. The van der Waals surface area contributed by atoms with Gasteiger partial charge in [0.15, 0.2) is 0 Å². The number of thioether (sulfide) groups is 1. The number of hydrogen-bond donors (Lipinski definition) is 3. The molecule has 2 rings (SSSR count). The van der Waals surface area contributed by atoms with Crippen molar-refractivity contribution in [3.63, 3.8) is 0 Å². The Hall–Kier alpha value is -1.83. The summed E-state index contributed by atoms with van der Waals surface area (Å²) in [6.07, 6.45) is 1.52. The van der Waals surface area contributed by atoms with Crippen molar-refractivity contribution in [1.29, 1.82) is 0 Å². The van der Waals surface area contributed by atoms with E-state index in [2.05, 4.69) is 10.6 Å². The van der Waals surface area contributed by atoms with Crippen molar-refractivity contribution in [2.75, 3.05) is 5.32 Å². The average molecular weight is 316 g/mol. The van der Waals surface area contributed by atoms with Crippen molar-refractivity contribution in [3.05, 3.63) is 24.3 Å². The van der Waals surface area contributed by atoms with Crippen LogP contribution in [0.5, 0.6) is 0 Å². The van der Waals surface area contributed by atoms with Gasteiger partial charge in [-0.05, 0) is 30.9 Å². The molecule has 1 saturated carbocycles. The van der Waals surface area contributed by atoms with Gasteiger partial charge in [0.2, 0.25) is 0 Å². The van der Waals surface area contributed by atoms with E-state index >= 15 is 0 Å². The van der Waals surface area contributed by atoms with Crippen LogP contribution in [0.4, 0.5) is 19.3 Å². The van der Waals surface area contributed by atoms with Gasteiger partial charge in [-0.1, -0.05) is 23.9 Å². The van der Waals surface area contributed by atoms with Crippen LogP contribution in [0.25, 0.3) is 0 Å². The van der Waals surface area contributed by atoms with E-state index in [-0.39, 0.29) is 16.5 Å². The Bertz CT molecular complexity index is 538. The zero-order valence-corrected chi connectivity index (χ0v) is 11.7. The van der Waals surface area contributed by atoms with E-state index in [1.54, 1.807) is 12.1 Å². The van der Waals surface area contributed by atoms with Gasteiger partial charge in [-0.15, -0.1) is 0 Å². The molecule has 0 radical (unpaired) electrons. The largest absolute Gasteiger partial charge is 0.480 e. The summed E-state index contributed by atoms with van der Waals surface area (Å²) in [5, 5.41) is 13.8. The molecule has 1 unspecified atom stereocenters. The first kappa shape index (κ1) is 15.6. The van der Waals surface area contributed by atoms with E-state index in [9.17, 15) is 18.4 Å². The minimum Gasteiger partial charge on any atom is -0.480 e. The van der Waals surface area contributed by atoms with Gasteiger partial charge in [-0.2, -0.15) is 8.78 Å². The van der Waals surface area contributed by atoms with Gasteiger partial charge in [-0.3, -0.25) is 0 Å². The molecule has 1 atom stereocenters. The first-order chi connectivity index (χ1) is 9.97. The second kappa shape index (κ2) is 6.75. The van der Waals surface area contributed by atoms with Gasteiger partial charge >= 0.3 is 12.0 Å². The van der Waals surface area contributed by atoms with E-state index in [4.69, 9.17) is 5.11 Å². The third-order valence-corrected chi connectivity index (χ3v) is 3.79. The summed E-state index contributed by atoms with van der Waals surface area (Å²) in [6, 6.07) is 4.47. The molecule has 3 N–H and O–H groups in total. The fraction of sp³-hybridized carbons (Fsp3) is 0.385. The van der Waals surface area contributed by atoms with Crippen LogP contribution in [-0.4, -0.2) is 28.9 Å². The standard InChI is InChI=1S/C13H14F2N2O3S/c14-12(15)21-9-4-2-1-3-8(9)16-13(20)17-10(11(18)19)7-5-6-7/h1-4,7,10,12H,5-6H2,(H,18,19)(H2,16,17,20). The van der Waals surface area contributed by atoms with Crippen LogP contribution in [0.1, 0.15) is 12.8 Å². The molecule has 1 aliphatic carbocycles. The number of rotatable bonds is 6. The SMILES string of the molecule is O=C(Nc1ccccc1SC(F)F)NC(C(=O)O)C1CC1. The third kappa shape index (κ3) is 4.59. The topological polar surface area (TPSA) is 78.4 Å². The Balaban J connectivity index is 2.00. The van der Waals surface area contributed by atoms with Gasteiger partial charge < -0.3 is 15.7 Å². The molecule has 0 heterocycles. The van der Waals surface area contributed by atoms with Crippen LogP contribution in [0.15, 0.2) is 29.2 Å². The molecule has 1 aromatic carbocycles. The van der Waals surface area contributed by atoms with Crippen LogP contribution in [-0.2, 0) is 4.79 Å². The maximum Gasteiger partial charge on any atom is 0.326 e. The predicted molar refractivity (Wildman–Crippen MR) is 74.6 cm³/mol. The second-order valence-corrected chi connectivity index (χ2v) is 5.66. The first-order valence-corrected chi connectivity index (χ1v) is 7.19. The number of hydrogen-bond acceptors (Lipinski definition) is 3. The lowest BCUT2D eigenvalue weighted by molar-refractivity contribution is -0.139. The molecule has 0 aliphatic heterocycles. The highest BCUT2D eigenvalue weighted by Crippen LogP contribution is 2.33. The van der Waals surface area contributed by atoms with E-state index < -0.39 is 23.8 Å². The van der Waals surface area contributed by atoms with Gasteiger partial charge in [0.1, 0.15) is 6.04 Å². The molecule has 1 aliphatic rings. The maximum atomic E-state index is 12.4. The number of halogens is 2. The molecule has 114 valence electrons. The molecule has 0 saturated heterocycles. The zero-order chi connectivity index (χ0) is 15.4. The molecule has 1 aromatic rings. The lowest BCUT2D eigenvalue weighted by atomic mass is 10.2. The van der Waals surface area contributed by atoms with Gasteiger partial charge in [0.05, 0.1) is 5.69 Å². The van der Waals surface area contributed by atoms with Crippen LogP contribution in [0.2, 0.25) is 0 Å². The zero-order valence-electron chi connectivity index (χ0n) is 10.9. The summed E-state index contributed by atoms with van der Waals surface area (Å²) in [7, 11) is 0. The van der Waals surface area contributed by atoms with Gasteiger partial charge in [-0.25, -0.2) is 9.59 Å². The molecule has 21 heavy (non-hydrogen) atoms. The average Bonchev–Trinajstić information content (AvgIpc) is 3.21. The fourth-order valence-corrected chi connectivity index (χ4v) is 2.47. The number of aliphatic carboxylic acids is 1. The van der Waals surface area contributed by atoms with Gasteiger partial charge in [0, 0.05) is 4.90 Å². The van der Waals surface area contributed by atoms with Crippen LogP contribution < -0.4 is 10.6 Å². The van der Waals surface area contributed by atoms with E-state index in [1.165, 1.54) is 12.1 Å². The van der Waals surface area contributed by atoms with Gasteiger partial charge in [0.25, 0.3) is 5.76 Å². The van der Waals surface area contributed by atoms with E-state index in [0.29, 0.717) is 11.8 Å². The Morgan fingerprint density at radius 1 is 1.29 bits per heavy atom. The Morgan fingerprint density at radius 3 is 2.52 bits per heavy atom. The fourth-order valence-electron chi connectivity index (χ4n) is 1.88. The van der Waals surface area contributed by atoms with Crippen LogP contribution in [0.3, 0.4) is 0 Å². The number of benzene rings is 1. The van der Waals surface area contributed by atoms with Crippen LogP contribution >= 0.6 is 11.8 Å². The van der Waals surface area contributed by atoms with Crippen LogP contribution in [0, 0.1) is 5.92 Å². The third-order valence-electron chi connectivity index (χ3n) is 3.00. The number of anilines is 1. The number of urea groups is 1. The Kier molecular flexibility index (Phi) is 5.00. The molecule has 8 heteroatoms. The van der Waals surface area contributed by atoms with Crippen molar-refractivity contribution in [2.45, 2.75) is 29.5 Å². The monoisotopic (exact) mass is 316 g/mol. The number of carboxylic acid groups (broad SMARTS) is 1. The lowest BCUT2D eigenvalue weighted by Crippen LogP contribution is -2.44. The molecule has 2 amide bonds. The number of carbonyl (C=O) groups excluding carboxylic acids is 1. The highest BCUT2D eigenvalue weighted by atomic mass is 32.2. The van der Waals surface area contributed by atoms with E-state index in [1.807, 2.05) is 0 Å². The molecular weight excluding hydrogens is 302 g/mol. The first-order valence-electron chi connectivity index (χ1n) is 6.31. The lowest BCUT2D eigenvalue weighted by Gasteiger charge is -2.15. The molecule has 0 aromatic heterocycles. The summed E-state index contributed by atoms with van der Waals surface area (Å²) in [6.45, 7) is 0. The summed E-state index contributed by atoms with van der Waals surface area (Å²) in [5.41, 5.74) is 0.222. The molecule has 1 fully saturated rings. The van der Waals surface area contributed by atoms with Crippen molar-refractivity contribution in [3.8, 4) is 0 Å². The Morgan fingerprint density at radius 2 is 1.95 bits per heavy atom. The Labute approximate surface area is 124 Å².